The van der Waals surface area contributed by atoms with Crippen LogP contribution in [-0.4, -0.2) is 32.8 Å². The van der Waals surface area contributed by atoms with Gasteiger partial charge in [-0.1, -0.05) is 55.1 Å². The number of amides is 1. The van der Waals surface area contributed by atoms with E-state index in [1.54, 1.807) is 0 Å². The number of hydrogen-bond acceptors (Lipinski definition) is 4. The first-order valence-electron chi connectivity index (χ1n) is 8.02. The Morgan fingerprint density at radius 3 is 2.75 bits per heavy atom. The van der Waals surface area contributed by atoms with Crippen LogP contribution < -0.4 is 5.32 Å². The average molecular weight is 340 g/mol. The molecule has 5 nitrogen and oxygen atoms in total. The van der Waals surface area contributed by atoms with E-state index >= 15 is 0 Å². The van der Waals surface area contributed by atoms with Crippen LogP contribution in [0.15, 0.2) is 59.9 Å². The molecule has 0 aliphatic heterocycles. The number of nitrogens with zero attached hydrogens (tertiary/aromatic N) is 3. The van der Waals surface area contributed by atoms with Crippen molar-refractivity contribution in [3.05, 3.63) is 60.3 Å². The third kappa shape index (κ3) is 3.94. The Balaban J connectivity index is 1.52. The lowest BCUT2D eigenvalue weighted by molar-refractivity contribution is -0.118. The first-order valence-corrected chi connectivity index (χ1v) is 9.00. The van der Waals surface area contributed by atoms with E-state index in [9.17, 15) is 4.79 Å². The van der Waals surface area contributed by atoms with E-state index < -0.39 is 0 Å². The lowest BCUT2D eigenvalue weighted by Crippen LogP contribution is -2.29. The summed E-state index contributed by atoms with van der Waals surface area (Å²) in [6.07, 6.45) is 2.89. The van der Waals surface area contributed by atoms with Gasteiger partial charge >= 0.3 is 0 Å². The molecule has 1 unspecified atom stereocenters. The van der Waals surface area contributed by atoms with Crippen LogP contribution in [0.5, 0.6) is 0 Å². The van der Waals surface area contributed by atoms with Gasteiger partial charge in [-0.2, -0.15) is 0 Å². The molecule has 2 aromatic heterocycles. The number of pyridine rings is 1. The molecule has 1 N–H and O–H groups in total. The molecule has 124 valence electrons. The number of carbonyl (C=O) groups excluding carboxylic acids is 1. The SMILES string of the molecule is CCC(CNC(=O)CSc1nnc2ccccn12)c1ccccc1. The molecular formula is C18H20N4OS. The Hall–Kier alpha value is -2.34. The maximum Gasteiger partial charge on any atom is 0.230 e. The van der Waals surface area contributed by atoms with Crippen LogP contribution in [0.1, 0.15) is 24.8 Å². The molecule has 0 saturated carbocycles. The van der Waals surface area contributed by atoms with E-state index in [1.807, 2.05) is 47.0 Å². The molecule has 0 bridgehead atoms. The Morgan fingerprint density at radius 2 is 1.96 bits per heavy atom. The summed E-state index contributed by atoms with van der Waals surface area (Å²) < 4.78 is 1.89. The molecule has 0 spiro atoms. The van der Waals surface area contributed by atoms with E-state index in [0.29, 0.717) is 18.2 Å². The van der Waals surface area contributed by atoms with Crippen LogP contribution in [0.3, 0.4) is 0 Å². The van der Waals surface area contributed by atoms with Crippen LogP contribution in [-0.2, 0) is 4.79 Å². The van der Waals surface area contributed by atoms with E-state index in [2.05, 4.69) is 34.6 Å². The van der Waals surface area contributed by atoms with Gasteiger partial charge in [-0.25, -0.2) is 0 Å². The number of nitrogens with one attached hydrogen (secondary N) is 1. The fourth-order valence-electron chi connectivity index (χ4n) is 2.56. The molecule has 1 atom stereocenters. The summed E-state index contributed by atoms with van der Waals surface area (Å²) in [6.45, 7) is 2.79. The van der Waals surface area contributed by atoms with Gasteiger partial charge in [0.15, 0.2) is 10.8 Å². The molecule has 2 heterocycles. The van der Waals surface area contributed by atoms with Crippen molar-refractivity contribution < 1.29 is 4.79 Å². The van der Waals surface area contributed by atoms with Crippen LogP contribution in [0.2, 0.25) is 0 Å². The van der Waals surface area contributed by atoms with Gasteiger partial charge in [-0.3, -0.25) is 9.20 Å². The number of aromatic nitrogens is 3. The zero-order chi connectivity index (χ0) is 16.8. The summed E-state index contributed by atoms with van der Waals surface area (Å²) in [6, 6.07) is 16.0. The van der Waals surface area contributed by atoms with Gasteiger partial charge in [0.1, 0.15) is 0 Å². The summed E-state index contributed by atoms with van der Waals surface area (Å²) in [5.41, 5.74) is 2.05. The minimum absolute atomic E-state index is 0.0158. The van der Waals surface area contributed by atoms with Gasteiger partial charge in [0.25, 0.3) is 0 Å². The van der Waals surface area contributed by atoms with E-state index in [0.717, 1.165) is 17.2 Å². The predicted molar refractivity (Wildman–Crippen MR) is 96.2 cm³/mol. The van der Waals surface area contributed by atoms with E-state index in [4.69, 9.17) is 0 Å². The number of rotatable bonds is 7. The average Bonchev–Trinajstić information content (AvgIpc) is 3.04. The summed E-state index contributed by atoms with van der Waals surface area (Å²) in [4.78, 5) is 12.1. The molecule has 0 saturated heterocycles. The molecule has 0 radical (unpaired) electrons. The van der Waals surface area contributed by atoms with Crippen molar-refractivity contribution in [3.8, 4) is 0 Å². The van der Waals surface area contributed by atoms with Gasteiger partial charge in [0.05, 0.1) is 5.75 Å². The van der Waals surface area contributed by atoms with Crippen molar-refractivity contribution in [2.75, 3.05) is 12.3 Å². The molecule has 1 amide bonds. The first-order chi connectivity index (χ1) is 11.8. The number of thioether (sulfide) groups is 1. The summed E-state index contributed by atoms with van der Waals surface area (Å²) >= 11 is 1.40. The van der Waals surface area contributed by atoms with Crippen molar-refractivity contribution in [2.24, 2.45) is 0 Å². The van der Waals surface area contributed by atoms with Crippen LogP contribution in [0, 0.1) is 0 Å². The summed E-state index contributed by atoms with van der Waals surface area (Å²) in [7, 11) is 0. The van der Waals surface area contributed by atoms with Gasteiger partial charge in [-0.05, 0) is 24.1 Å². The van der Waals surface area contributed by atoms with Crippen LogP contribution >= 0.6 is 11.8 Å². The van der Waals surface area contributed by atoms with Gasteiger partial charge in [-0.15, -0.1) is 10.2 Å². The fraction of sp³-hybridized carbons (Fsp3) is 0.278. The number of benzene rings is 1. The molecule has 3 aromatic rings. The topological polar surface area (TPSA) is 59.3 Å². The summed E-state index contributed by atoms with van der Waals surface area (Å²) in [5, 5.41) is 12.0. The molecule has 1 aromatic carbocycles. The third-order valence-electron chi connectivity index (χ3n) is 3.92. The normalized spacial score (nSPS) is 12.2. The quantitative estimate of drug-likeness (QED) is 0.671. The Kier molecular flexibility index (Phi) is 5.48. The van der Waals surface area contributed by atoms with Crippen molar-refractivity contribution in [1.29, 1.82) is 0 Å². The first kappa shape index (κ1) is 16.5. The maximum absolute atomic E-state index is 12.1. The number of carbonyl (C=O) groups is 1. The Bertz CT molecular complexity index is 803. The highest BCUT2D eigenvalue weighted by atomic mass is 32.2. The summed E-state index contributed by atoms with van der Waals surface area (Å²) in [5.74, 6) is 0.692. The predicted octanol–water partition coefficient (Wildman–Crippen LogP) is 3.13. The minimum atomic E-state index is 0.0158. The third-order valence-corrected chi connectivity index (χ3v) is 4.87. The fourth-order valence-corrected chi connectivity index (χ4v) is 3.31. The van der Waals surface area contributed by atoms with E-state index in [-0.39, 0.29) is 5.91 Å². The zero-order valence-electron chi connectivity index (χ0n) is 13.6. The zero-order valence-corrected chi connectivity index (χ0v) is 14.4. The Labute approximate surface area is 145 Å². The van der Waals surface area contributed by atoms with E-state index in [1.165, 1.54) is 17.3 Å². The van der Waals surface area contributed by atoms with Crippen molar-refractivity contribution in [2.45, 2.75) is 24.4 Å². The molecule has 6 heteroatoms. The molecule has 0 aliphatic carbocycles. The van der Waals surface area contributed by atoms with Crippen LogP contribution in [0.4, 0.5) is 0 Å². The molecule has 0 fully saturated rings. The molecule has 24 heavy (non-hydrogen) atoms. The van der Waals surface area contributed by atoms with Gasteiger partial charge in [0.2, 0.25) is 5.91 Å². The smallest absolute Gasteiger partial charge is 0.230 e. The van der Waals surface area contributed by atoms with Crippen LogP contribution in [0.25, 0.3) is 5.65 Å². The standard InChI is InChI=1S/C18H20N4OS/c1-2-14(15-8-4-3-5-9-15)12-19-17(23)13-24-18-21-20-16-10-6-7-11-22(16)18/h3-11,14H,2,12-13H2,1H3,(H,19,23). The lowest BCUT2D eigenvalue weighted by atomic mass is 9.96. The monoisotopic (exact) mass is 340 g/mol. The van der Waals surface area contributed by atoms with Crippen molar-refractivity contribution >= 4 is 23.3 Å². The lowest BCUT2D eigenvalue weighted by Gasteiger charge is -2.16. The molecule has 0 aliphatic rings. The van der Waals surface area contributed by atoms with Crippen molar-refractivity contribution in [1.82, 2.24) is 19.9 Å². The second kappa shape index (κ2) is 7.97. The number of hydrogen-bond donors (Lipinski definition) is 1. The number of fused-ring (bicyclic) bond motifs is 1. The van der Waals surface area contributed by atoms with Crippen molar-refractivity contribution in [3.63, 3.8) is 0 Å². The highest BCUT2D eigenvalue weighted by Gasteiger charge is 2.12. The molecular weight excluding hydrogens is 320 g/mol. The Morgan fingerprint density at radius 1 is 1.17 bits per heavy atom. The second-order valence-corrected chi connectivity index (χ2v) is 6.46. The largest absolute Gasteiger partial charge is 0.355 e. The van der Waals surface area contributed by atoms with Gasteiger partial charge < -0.3 is 5.32 Å². The highest BCUT2D eigenvalue weighted by Crippen LogP contribution is 2.19. The molecule has 3 rings (SSSR count). The second-order valence-electron chi connectivity index (χ2n) is 5.52. The maximum atomic E-state index is 12.1. The highest BCUT2D eigenvalue weighted by molar-refractivity contribution is 7.99. The van der Waals surface area contributed by atoms with Gasteiger partial charge in [0, 0.05) is 18.7 Å². The minimum Gasteiger partial charge on any atom is -0.355 e.